The number of benzene rings is 1. The maximum absolute atomic E-state index is 13.3. The molecule has 0 aliphatic carbocycles. The van der Waals surface area contributed by atoms with Crippen molar-refractivity contribution in [3.63, 3.8) is 0 Å². The number of hydrogen-bond donors (Lipinski definition) is 1. The third-order valence-electron chi connectivity index (χ3n) is 4.14. The number of aromatic nitrogens is 2. The molecular weight excluding hydrogens is 327 g/mol. The molecule has 1 N–H and O–H groups in total. The van der Waals surface area contributed by atoms with E-state index in [1.54, 1.807) is 12.1 Å². The molecule has 1 saturated heterocycles. The summed E-state index contributed by atoms with van der Waals surface area (Å²) in [5.74, 6) is 0.0997. The number of hydrogen-bond acceptors (Lipinski definition) is 7. The lowest BCUT2D eigenvalue weighted by Crippen LogP contribution is -2.45. The Kier molecular flexibility index (Phi) is 5.03. The quantitative estimate of drug-likeness (QED) is 0.653. The zero-order chi connectivity index (χ0) is 17.8. The van der Waals surface area contributed by atoms with Gasteiger partial charge in [0.1, 0.15) is 12.1 Å². The zero-order valence-corrected chi connectivity index (χ0v) is 13.9. The van der Waals surface area contributed by atoms with Crippen LogP contribution in [0.25, 0.3) is 0 Å². The highest BCUT2D eigenvalue weighted by molar-refractivity contribution is 5.70. The number of piperazine rings is 1. The Bertz CT molecular complexity index is 764. The molecule has 2 heterocycles. The fourth-order valence-corrected chi connectivity index (χ4v) is 2.75. The highest BCUT2D eigenvalue weighted by Gasteiger charge is 2.28. The third kappa shape index (κ3) is 4.00. The van der Waals surface area contributed by atoms with Crippen molar-refractivity contribution < 1.29 is 9.31 Å². The van der Waals surface area contributed by atoms with Crippen LogP contribution in [0.4, 0.5) is 21.7 Å². The van der Waals surface area contributed by atoms with Crippen molar-refractivity contribution >= 4 is 17.3 Å². The first-order valence-corrected chi connectivity index (χ1v) is 7.96. The van der Waals surface area contributed by atoms with Crippen LogP contribution in [0.15, 0.2) is 30.6 Å². The molecule has 0 spiro atoms. The molecule has 0 unspecified atom stereocenters. The van der Waals surface area contributed by atoms with Gasteiger partial charge < -0.3 is 15.1 Å². The molecule has 9 heteroatoms. The van der Waals surface area contributed by atoms with E-state index in [4.69, 9.17) is 0 Å². The van der Waals surface area contributed by atoms with Gasteiger partial charge in [0.05, 0.1) is 4.92 Å². The molecular formula is C16H19FN6O2. The van der Waals surface area contributed by atoms with Crippen LogP contribution in [0, 0.1) is 15.9 Å². The SMILES string of the molecule is CN1CCN(c2ncnc(NCc3cccc(F)c3)c2[N+](=O)[O-])CC1. The normalized spacial score (nSPS) is 15.2. The molecule has 25 heavy (non-hydrogen) atoms. The first-order valence-electron chi connectivity index (χ1n) is 7.96. The molecule has 132 valence electrons. The molecule has 2 aromatic rings. The molecule has 0 saturated carbocycles. The minimum Gasteiger partial charge on any atom is -0.360 e. The van der Waals surface area contributed by atoms with Crippen LogP contribution in [0.5, 0.6) is 0 Å². The van der Waals surface area contributed by atoms with Crippen LogP contribution in [0.3, 0.4) is 0 Å². The molecule has 0 amide bonds. The molecule has 1 fully saturated rings. The summed E-state index contributed by atoms with van der Waals surface area (Å²) in [6.07, 6.45) is 1.31. The molecule has 1 aromatic carbocycles. The van der Waals surface area contributed by atoms with Crippen molar-refractivity contribution in [2.75, 3.05) is 43.4 Å². The monoisotopic (exact) mass is 346 g/mol. The van der Waals surface area contributed by atoms with Gasteiger partial charge in [-0.3, -0.25) is 10.1 Å². The Morgan fingerprint density at radius 1 is 1.28 bits per heavy atom. The van der Waals surface area contributed by atoms with E-state index in [1.807, 2.05) is 11.9 Å². The number of nitrogens with zero attached hydrogens (tertiary/aromatic N) is 5. The molecule has 0 bridgehead atoms. The van der Waals surface area contributed by atoms with E-state index in [9.17, 15) is 14.5 Å². The van der Waals surface area contributed by atoms with Gasteiger partial charge in [-0.15, -0.1) is 0 Å². The lowest BCUT2D eigenvalue weighted by atomic mass is 10.2. The van der Waals surface area contributed by atoms with E-state index in [-0.39, 0.29) is 23.9 Å². The Morgan fingerprint density at radius 2 is 2.04 bits per heavy atom. The fraction of sp³-hybridized carbons (Fsp3) is 0.375. The van der Waals surface area contributed by atoms with Crippen molar-refractivity contribution in [3.05, 3.63) is 52.1 Å². The average Bonchev–Trinajstić information content (AvgIpc) is 2.60. The summed E-state index contributed by atoms with van der Waals surface area (Å²) in [5, 5.41) is 14.5. The molecule has 8 nitrogen and oxygen atoms in total. The second kappa shape index (κ2) is 7.39. The first-order chi connectivity index (χ1) is 12.0. The number of nitro groups is 1. The standard InChI is InChI=1S/C16H19FN6O2/c1-21-5-7-22(8-6-21)16-14(23(24)25)15(19-11-20-16)18-10-12-3-2-4-13(17)9-12/h2-4,9,11H,5-8,10H2,1H3,(H,18,19,20). The summed E-state index contributed by atoms with van der Waals surface area (Å²) < 4.78 is 13.3. The molecule has 1 aromatic heterocycles. The first kappa shape index (κ1) is 17.0. The van der Waals surface area contributed by atoms with Gasteiger partial charge in [-0.05, 0) is 24.7 Å². The lowest BCUT2D eigenvalue weighted by molar-refractivity contribution is -0.383. The Balaban J connectivity index is 1.84. The van der Waals surface area contributed by atoms with Crippen molar-refractivity contribution in [1.82, 2.24) is 14.9 Å². The molecule has 1 aliphatic rings. The maximum Gasteiger partial charge on any atom is 0.353 e. The predicted molar refractivity (Wildman–Crippen MR) is 92.1 cm³/mol. The maximum atomic E-state index is 13.3. The lowest BCUT2D eigenvalue weighted by Gasteiger charge is -2.32. The minimum atomic E-state index is -0.471. The Morgan fingerprint density at radius 3 is 2.72 bits per heavy atom. The van der Waals surface area contributed by atoms with Crippen molar-refractivity contribution in [1.29, 1.82) is 0 Å². The van der Waals surface area contributed by atoms with E-state index in [1.165, 1.54) is 18.5 Å². The van der Waals surface area contributed by atoms with Gasteiger partial charge in [-0.25, -0.2) is 14.4 Å². The minimum absolute atomic E-state index is 0.137. The van der Waals surface area contributed by atoms with Crippen LogP contribution in [-0.4, -0.2) is 53.0 Å². The number of nitrogens with one attached hydrogen (secondary N) is 1. The number of anilines is 2. The Hall–Kier alpha value is -2.81. The van der Waals surface area contributed by atoms with E-state index < -0.39 is 4.92 Å². The van der Waals surface area contributed by atoms with Gasteiger partial charge in [0.15, 0.2) is 0 Å². The zero-order valence-electron chi connectivity index (χ0n) is 13.9. The van der Waals surface area contributed by atoms with Crippen molar-refractivity contribution in [2.45, 2.75) is 6.54 Å². The smallest absolute Gasteiger partial charge is 0.353 e. The van der Waals surface area contributed by atoms with Crippen LogP contribution in [-0.2, 0) is 6.54 Å². The molecule has 0 radical (unpaired) electrons. The largest absolute Gasteiger partial charge is 0.360 e. The molecule has 0 atom stereocenters. The van der Waals surface area contributed by atoms with Gasteiger partial charge in [-0.1, -0.05) is 12.1 Å². The predicted octanol–water partition coefficient (Wildman–Crippen LogP) is 1.89. The summed E-state index contributed by atoms with van der Waals surface area (Å²) in [6.45, 7) is 3.19. The second-order valence-electron chi connectivity index (χ2n) is 5.93. The van der Waals surface area contributed by atoms with E-state index in [2.05, 4.69) is 20.2 Å². The topological polar surface area (TPSA) is 87.4 Å². The molecule has 1 aliphatic heterocycles. The van der Waals surface area contributed by atoms with E-state index in [0.29, 0.717) is 24.5 Å². The second-order valence-corrected chi connectivity index (χ2v) is 5.93. The summed E-state index contributed by atoms with van der Waals surface area (Å²) >= 11 is 0. The van der Waals surface area contributed by atoms with Gasteiger partial charge >= 0.3 is 5.69 Å². The summed E-state index contributed by atoms with van der Waals surface area (Å²) in [6, 6.07) is 6.06. The van der Waals surface area contributed by atoms with Crippen molar-refractivity contribution in [2.24, 2.45) is 0 Å². The summed E-state index contributed by atoms with van der Waals surface area (Å²) in [4.78, 5) is 23.3. The third-order valence-corrected chi connectivity index (χ3v) is 4.14. The van der Waals surface area contributed by atoms with Gasteiger partial charge in [0.2, 0.25) is 11.6 Å². The van der Waals surface area contributed by atoms with E-state index >= 15 is 0 Å². The summed E-state index contributed by atoms with van der Waals surface area (Å²) in [7, 11) is 2.01. The average molecular weight is 346 g/mol. The number of rotatable bonds is 5. The van der Waals surface area contributed by atoms with Gasteiger partial charge in [0, 0.05) is 32.7 Å². The van der Waals surface area contributed by atoms with Gasteiger partial charge in [-0.2, -0.15) is 0 Å². The number of halogens is 1. The van der Waals surface area contributed by atoms with Crippen LogP contribution in [0.1, 0.15) is 5.56 Å². The van der Waals surface area contributed by atoms with Crippen LogP contribution < -0.4 is 10.2 Å². The fourth-order valence-electron chi connectivity index (χ4n) is 2.75. The molecule has 3 rings (SSSR count). The van der Waals surface area contributed by atoms with Gasteiger partial charge in [0.25, 0.3) is 0 Å². The number of likely N-dealkylation sites (N-methyl/N-ethyl adjacent to an activating group) is 1. The Labute approximate surface area is 144 Å². The van der Waals surface area contributed by atoms with Crippen LogP contribution in [0.2, 0.25) is 0 Å². The van der Waals surface area contributed by atoms with E-state index in [0.717, 1.165) is 13.1 Å². The highest BCUT2D eigenvalue weighted by atomic mass is 19.1. The van der Waals surface area contributed by atoms with Crippen LogP contribution >= 0.6 is 0 Å². The van der Waals surface area contributed by atoms with Crippen molar-refractivity contribution in [3.8, 4) is 0 Å². The highest BCUT2D eigenvalue weighted by Crippen LogP contribution is 2.32. The summed E-state index contributed by atoms with van der Waals surface area (Å²) in [5.41, 5.74) is 0.525.